The molecule has 0 amide bonds. The van der Waals surface area contributed by atoms with Crippen LogP contribution in [0.2, 0.25) is 0 Å². The molecule has 0 spiro atoms. The van der Waals surface area contributed by atoms with Crippen molar-refractivity contribution in [3.8, 4) is 11.5 Å². The minimum absolute atomic E-state index is 0.806. The van der Waals surface area contributed by atoms with E-state index in [2.05, 4.69) is 14.5 Å². The summed E-state index contributed by atoms with van der Waals surface area (Å²) in [5.41, 5.74) is 5.39. The number of nitrogens with zero attached hydrogens (tertiary/aromatic N) is 4. The van der Waals surface area contributed by atoms with Crippen molar-refractivity contribution in [2.45, 2.75) is 6.54 Å². The monoisotopic (exact) mass is 249 g/mol. The predicted octanol–water partition coefficient (Wildman–Crippen LogP) is 1.79. The smallest absolute Gasteiger partial charge is 0.382 e. The average Bonchev–Trinajstić information content (AvgIpc) is 3.05. The summed E-state index contributed by atoms with van der Waals surface area (Å²) in [7, 11) is 0. The molecule has 0 fully saturated rings. The highest BCUT2D eigenvalue weighted by Crippen LogP contribution is 2.32. The van der Waals surface area contributed by atoms with Crippen LogP contribution in [-0.4, -0.2) is 14.4 Å². The van der Waals surface area contributed by atoms with Gasteiger partial charge in [-0.05, 0) is 6.07 Å². The standard InChI is InChI=1S/C14H9N4O/c1-2-15-5-9-7-18-13-11-6-16-3-4-17(11)8-12(13)19-14(18)10(1)9/h1-6,8H,7H2/q+1. The molecule has 0 saturated carbocycles. The van der Waals surface area contributed by atoms with Gasteiger partial charge in [-0.3, -0.25) is 9.97 Å². The molecule has 1 aliphatic heterocycles. The minimum atomic E-state index is 0.806. The average molecular weight is 249 g/mol. The van der Waals surface area contributed by atoms with Crippen molar-refractivity contribution in [1.29, 1.82) is 0 Å². The van der Waals surface area contributed by atoms with Gasteiger partial charge in [-0.25, -0.2) is 0 Å². The molecule has 0 N–H and O–H groups in total. The first-order valence-corrected chi connectivity index (χ1v) is 6.12. The van der Waals surface area contributed by atoms with Gasteiger partial charge < -0.3 is 8.82 Å². The third-order valence-corrected chi connectivity index (χ3v) is 3.70. The topological polar surface area (TPSA) is 47.2 Å². The highest BCUT2D eigenvalue weighted by molar-refractivity contribution is 5.88. The van der Waals surface area contributed by atoms with Crippen LogP contribution in [0.1, 0.15) is 5.56 Å². The fraction of sp³-hybridized carbons (Fsp3) is 0.0714. The molecule has 0 atom stereocenters. The molecule has 5 heteroatoms. The van der Waals surface area contributed by atoms with E-state index in [-0.39, 0.29) is 0 Å². The van der Waals surface area contributed by atoms with Crippen molar-refractivity contribution in [3.05, 3.63) is 48.8 Å². The third kappa shape index (κ3) is 1.03. The Bertz CT molecular complexity index is 951. The number of hydrogen-bond donors (Lipinski definition) is 0. The van der Waals surface area contributed by atoms with Crippen LogP contribution in [0.15, 0.2) is 47.7 Å². The Morgan fingerprint density at radius 1 is 1.21 bits per heavy atom. The van der Waals surface area contributed by atoms with E-state index < -0.39 is 0 Å². The maximum Gasteiger partial charge on any atom is 0.382 e. The second-order valence-electron chi connectivity index (χ2n) is 4.74. The van der Waals surface area contributed by atoms with Gasteiger partial charge in [0.2, 0.25) is 5.58 Å². The highest BCUT2D eigenvalue weighted by Gasteiger charge is 2.35. The number of fused-ring (bicyclic) bond motifs is 7. The normalized spacial score (nSPS) is 13.1. The quantitative estimate of drug-likeness (QED) is 0.393. The number of oxazole rings is 1. The van der Waals surface area contributed by atoms with Gasteiger partial charge in [0.25, 0.3) is 5.52 Å². The summed E-state index contributed by atoms with van der Waals surface area (Å²) in [6.45, 7) is 0.806. The van der Waals surface area contributed by atoms with Crippen molar-refractivity contribution in [1.82, 2.24) is 14.4 Å². The van der Waals surface area contributed by atoms with E-state index in [0.717, 1.165) is 34.6 Å². The molecule has 5 rings (SSSR count). The molecule has 0 radical (unpaired) electrons. The van der Waals surface area contributed by atoms with Gasteiger partial charge in [-0.2, -0.15) is 0 Å². The lowest BCUT2D eigenvalue weighted by molar-refractivity contribution is -0.648. The van der Waals surface area contributed by atoms with Crippen LogP contribution in [-0.2, 0) is 6.54 Å². The van der Waals surface area contributed by atoms with E-state index >= 15 is 0 Å². The fourth-order valence-electron chi connectivity index (χ4n) is 2.87. The molecule has 5 nitrogen and oxygen atoms in total. The van der Waals surface area contributed by atoms with Gasteiger partial charge in [0.05, 0.1) is 23.5 Å². The van der Waals surface area contributed by atoms with Gasteiger partial charge >= 0.3 is 5.89 Å². The number of rotatable bonds is 0. The van der Waals surface area contributed by atoms with Crippen molar-refractivity contribution >= 4 is 16.6 Å². The maximum absolute atomic E-state index is 6.01. The van der Waals surface area contributed by atoms with Crippen molar-refractivity contribution in [2.24, 2.45) is 0 Å². The number of hydrogen-bond acceptors (Lipinski definition) is 3. The number of pyridine rings is 1. The van der Waals surface area contributed by atoms with E-state index in [0.29, 0.717) is 0 Å². The Hall–Kier alpha value is -2.69. The summed E-state index contributed by atoms with van der Waals surface area (Å²) in [4.78, 5) is 8.38. The second-order valence-corrected chi connectivity index (χ2v) is 4.74. The first-order chi connectivity index (χ1) is 9.42. The summed E-state index contributed by atoms with van der Waals surface area (Å²) >= 11 is 0. The molecule has 4 aromatic heterocycles. The van der Waals surface area contributed by atoms with Gasteiger partial charge in [0.1, 0.15) is 5.52 Å². The first-order valence-electron chi connectivity index (χ1n) is 6.12. The summed E-state index contributed by atoms with van der Waals surface area (Å²) < 4.78 is 10.2. The summed E-state index contributed by atoms with van der Waals surface area (Å²) in [5.74, 6) is 0.911. The zero-order valence-corrected chi connectivity index (χ0v) is 9.95. The highest BCUT2D eigenvalue weighted by atomic mass is 16.4. The maximum atomic E-state index is 6.01. The van der Waals surface area contributed by atoms with Crippen LogP contribution < -0.4 is 4.57 Å². The molecule has 19 heavy (non-hydrogen) atoms. The molecule has 0 aromatic carbocycles. The molecule has 0 saturated heterocycles. The summed E-state index contributed by atoms with van der Waals surface area (Å²) in [6, 6.07) is 2.00. The Morgan fingerprint density at radius 2 is 2.16 bits per heavy atom. The van der Waals surface area contributed by atoms with E-state index in [9.17, 15) is 0 Å². The van der Waals surface area contributed by atoms with Crippen LogP contribution in [0.3, 0.4) is 0 Å². The zero-order chi connectivity index (χ0) is 12.4. The predicted molar refractivity (Wildman–Crippen MR) is 67.5 cm³/mol. The molecule has 0 aliphatic carbocycles. The van der Waals surface area contributed by atoms with E-state index in [1.165, 1.54) is 5.56 Å². The molecule has 1 aliphatic rings. The lowest BCUT2D eigenvalue weighted by Crippen LogP contribution is -2.30. The molecular formula is C14H9N4O+. The second kappa shape index (κ2) is 3.00. The Kier molecular flexibility index (Phi) is 1.46. The largest absolute Gasteiger partial charge is 0.396 e. The van der Waals surface area contributed by atoms with Crippen LogP contribution in [0, 0.1) is 0 Å². The van der Waals surface area contributed by atoms with E-state index in [1.54, 1.807) is 12.4 Å². The van der Waals surface area contributed by atoms with E-state index in [4.69, 9.17) is 4.42 Å². The SMILES string of the molecule is c1cc2c(cn1)C[n+]1c-2oc2cn3ccncc3c21. The fourth-order valence-corrected chi connectivity index (χ4v) is 2.87. The molecule has 4 aromatic rings. The van der Waals surface area contributed by atoms with Crippen molar-refractivity contribution in [3.63, 3.8) is 0 Å². The summed E-state index contributed by atoms with van der Waals surface area (Å²) in [5, 5.41) is 0. The van der Waals surface area contributed by atoms with Gasteiger partial charge in [0, 0.05) is 24.8 Å². The van der Waals surface area contributed by atoms with Crippen LogP contribution >= 0.6 is 0 Å². The Morgan fingerprint density at radius 3 is 3.16 bits per heavy atom. The first kappa shape index (κ1) is 9.27. The lowest BCUT2D eigenvalue weighted by Gasteiger charge is -1.90. The van der Waals surface area contributed by atoms with Gasteiger partial charge in [-0.15, -0.1) is 4.57 Å². The van der Waals surface area contributed by atoms with Crippen molar-refractivity contribution in [2.75, 3.05) is 0 Å². The summed E-state index contributed by atoms with van der Waals surface area (Å²) in [6.07, 6.45) is 11.3. The number of aromatic nitrogens is 4. The van der Waals surface area contributed by atoms with Gasteiger partial charge in [0.15, 0.2) is 6.54 Å². The Balaban J connectivity index is 1.94. The molecule has 5 heterocycles. The van der Waals surface area contributed by atoms with Gasteiger partial charge in [-0.1, -0.05) is 0 Å². The third-order valence-electron chi connectivity index (χ3n) is 3.70. The Labute approximate surface area is 107 Å². The lowest BCUT2D eigenvalue weighted by atomic mass is 10.2. The van der Waals surface area contributed by atoms with Crippen molar-refractivity contribution < 1.29 is 8.98 Å². The molecule has 0 bridgehead atoms. The van der Waals surface area contributed by atoms with Crippen LogP contribution in [0.5, 0.6) is 0 Å². The minimum Gasteiger partial charge on any atom is -0.396 e. The van der Waals surface area contributed by atoms with Crippen LogP contribution in [0.4, 0.5) is 0 Å². The van der Waals surface area contributed by atoms with Crippen LogP contribution in [0.25, 0.3) is 28.1 Å². The molecule has 90 valence electrons. The van der Waals surface area contributed by atoms with E-state index in [1.807, 2.05) is 35.3 Å². The molecular weight excluding hydrogens is 240 g/mol. The molecule has 0 unspecified atom stereocenters. The zero-order valence-electron chi connectivity index (χ0n) is 9.95.